The van der Waals surface area contributed by atoms with E-state index in [4.69, 9.17) is 4.74 Å². The lowest BCUT2D eigenvalue weighted by Crippen LogP contribution is -2.00. The van der Waals surface area contributed by atoms with Crippen LogP contribution in [0.4, 0.5) is 5.82 Å². The van der Waals surface area contributed by atoms with E-state index in [9.17, 15) is 0 Å². The molecule has 0 aliphatic carbocycles. The molecule has 0 radical (unpaired) electrons. The van der Waals surface area contributed by atoms with Gasteiger partial charge in [-0.3, -0.25) is 0 Å². The summed E-state index contributed by atoms with van der Waals surface area (Å²) in [7, 11) is 1.67. The monoisotopic (exact) mass is 214 g/mol. The topological polar surface area (TPSA) is 34.1 Å². The molecule has 0 spiro atoms. The van der Waals surface area contributed by atoms with Crippen LogP contribution in [0.3, 0.4) is 0 Å². The average molecular weight is 214 g/mol. The van der Waals surface area contributed by atoms with E-state index in [0.717, 1.165) is 18.1 Å². The van der Waals surface area contributed by atoms with Gasteiger partial charge >= 0.3 is 0 Å². The van der Waals surface area contributed by atoms with E-state index in [-0.39, 0.29) is 0 Å². The van der Waals surface area contributed by atoms with Crippen LogP contribution in [0.1, 0.15) is 5.56 Å². The van der Waals surface area contributed by atoms with Gasteiger partial charge in [-0.05, 0) is 29.8 Å². The average Bonchev–Trinajstić information content (AvgIpc) is 2.38. The SMILES string of the molecule is COc1ccc(CNc2ccccn2)cc1. The molecule has 0 bridgehead atoms. The fourth-order valence-electron chi connectivity index (χ4n) is 1.40. The van der Waals surface area contributed by atoms with Crippen molar-refractivity contribution in [3.05, 3.63) is 54.2 Å². The fraction of sp³-hybridized carbons (Fsp3) is 0.154. The highest BCUT2D eigenvalue weighted by Crippen LogP contribution is 2.12. The summed E-state index contributed by atoms with van der Waals surface area (Å²) in [6, 6.07) is 13.8. The van der Waals surface area contributed by atoms with Gasteiger partial charge in [-0.15, -0.1) is 0 Å². The van der Waals surface area contributed by atoms with Crippen molar-refractivity contribution in [2.75, 3.05) is 12.4 Å². The van der Waals surface area contributed by atoms with Gasteiger partial charge in [0.15, 0.2) is 0 Å². The summed E-state index contributed by atoms with van der Waals surface area (Å²) in [6.45, 7) is 0.765. The molecule has 0 fully saturated rings. The minimum atomic E-state index is 0.765. The highest BCUT2D eigenvalue weighted by Gasteiger charge is 1.95. The van der Waals surface area contributed by atoms with E-state index in [1.807, 2.05) is 42.5 Å². The third kappa shape index (κ3) is 2.73. The Morgan fingerprint density at radius 2 is 1.94 bits per heavy atom. The van der Waals surface area contributed by atoms with Crippen LogP contribution in [0.15, 0.2) is 48.7 Å². The molecule has 1 aromatic heterocycles. The Labute approximate surface area is 95.1 Å². The molecule has 0 saturated carbocycles. The van der Waals surface area contributed by atoms with Crippen molar-refractivity contribution >= 4 is 5.82 Å². The lowest BCUT2D eigenvalue weighted by molar-refractivity contribution is 0.414. The number of hydrogen-bond acceptors (Lipinski definition) is 3. The molecular weight excluding hydrogens is 200 g/mol. The van der Waals surface area contributed by atoms with Crippen molar-refractivity contribution in [1.82, 2.24) is 4.98 Å². The third-order valence-electron chi connectivity index (χ3n) is 2.30. The number of aromatic nitrogens is 1. The molecular formula is C13H14N2O. The maximum atomic E-state index is 5.10. The maximum Gasteiger partial charge on any atom is 0.126 e. The maximum absolute atomic E-state index is 5.10. The summed E-state index contributed by atoms with van der Waals surface area (Å²) < 4.78 is 5.10. The molecule has 82 valence electrons. The van der Waals surface area contributed by atoms with Crippen molar-refractivity contribution < 1.29 is 4.74 Å². The van der Waals surface area contributed by atoms with E-state index in [0.29, 0.717) is 0 Å². The Bertz CT molecular complexity index is 425. The van der Waals surface area contributed by atoms with E-state index < -0.39 is 0 Å². The molecule has 3 nitrogen and oxygen atoms in total. The molecule has 2 aromatic rings. The Morgan fingerprint density at radius 1 is 1.12 bits per heavy atom. The number of nitrogens with zero attached hydrogens (tertiary/aromatic N) is 1. The van der Waals surface area contributed by atoms with Crippen LogP contribution < -0.4 is 10.1 Å². The zero-order valence-corrected chi connectivity index (χ0v) is 9.18. The second-order valence-electron chi connectivity index (χ2n) is 3.42. The van der Waals surface area contributed by atoms with Gasteiger partial charge in [0.25, 0.3) is 0 Å². The number of hydrogen-bond donors (Lipinski definition) is 1. The lowest BCUT2D eigenvalue weighted by Gasteiger charge is -2.06. The number of benzene rings is 1. The molecule has 2 rings (SSSR count). The predicted molar refractivity (Wildman–Crippen MR) is 64.6 cm³/mol. The summed E-state index contributed by atoms with van der Waals surface area (Å²) in [4.78, 5) is 4.19. The second kappa shape index (κ2) is 5.16. The summed E-state index contributed by atoms with van der Waals surface area (Å²) in [6.07, 6.45) is 1.77. The molecule has 1 aromatic carbocycles. The van der Waals surface area contributed by atoms with Gasteiger partial charge in [0.2, 0.25) is 0 Å². The van der Waals surface area contributed by atoms with Crippen molar-refractivity contribution in [3.8, 4) is 5.75 Å². The van der Waals surface area contributed by atoms with Crippen molar-refractivity contribution in [2.45, 2.75) is 6.54 Å². The second-order valence-corrected chi connectivity index (χ2v) is 3.42. The first-order chi connectivity index (χ1) is 7.88. The number of nitrogens with one attached hydrogen (secondary N) is 1. The van der Waals surface area contributed by atoms with Gasteiger partial charge in [-0.1, -0.05) is 18.2 Å². The van der Waals surface area contributed by atoms with Gasteiger partial charge in [0.05, 0.1) is 7.11 Å². The van der Waals surface area contributed by atoms with E-state index in [1.165, 1.54) is 5.56 Å². The van der Waals surface area contributed by atoms with E-state index in [2.05, 4.69) is 10.3 Å². The van der Waals surface area contributed by atoms with E-state index in [1.54, 1.807) is 13.3 Å². The van der Waals surface area contributed by atoms with Crippen LogP contribution in [-0.2, 0) is 6.54 Å². The molecule has 0 amide bonds. The van der Waals surface area contributed by atoms with Crippen LogP contribution >= 0.6 is 0 Å². The fourth-order valence-corrected chi connectivity index (χ4v) is 1.40. The van der Waals surface area contributed by atoms with Gasteiger partial charge in [-0.25, -0.2) is 4.98 Å². The molecule has 0 aliphatic heterocycles. The first-order valence-electron chi connectivity index (χ1n) is 5.16. The van der Waals surface area contributed by atoms with E-state index >= 15 is 0 Å². The number of anilines is 1. The molecule has 1 heterocycles. The Morgan fingerprint density at radius 3 is 2.56 bits per heavy atom. The number of pyridine rings is 1. The minimum Gasteiger partial charge on any atom is -0.497 e. The minimum absolute atomic E-state index is 0.765. The molecule has 3 heteroatoms. The first-order valence-corrected chi connectivity index (χ1v) is 5.16. The van der Waals surface area contributed by atoms with Gasteiger partial charge in [0, 0.05) is 12.7 Å². The normalized spacial score (nSPS) is 9.81. The summed E-state index contributed by atoms with van der Waals surface area (Å²) in [5.74, 6) is 1.76. The number of methoxy groups -OCH3 is 1. The molecule has 0 unspecified atom stereocenters. The van der Waals surface area contributed by atoms with Crippen molar-refractivity contribution in [2.24, 2.45) is 0 Å². The van der Waals surface area contributed by atoms with Crippen LogP contribution in [0.5, 0.6) is 5.75 Å². The first kappa shape index (κ1) is 10.5. The van der Waals surface area contributed by atoms with Crippen LogP contribution in [-0.4, -0.2) is 12.1 Å². The highest BCUT2D eigenvalue weighted by atomic mass is 16.5. The zero-order valence-electron chi connectivity index (χ0n) is 9.18. The van der Waals surface area contributed by atoms with Gasteiger partial charge < -0.3 is 10.1 Å². The Hall–Kier alpha value is -2.03. The molecule has 0 saturated heterocycles. The molecule has 16 heavy (non-hydrogen) atoms. The zero-order chi connectivity index (χ0) is 11.2. The Balaban J connectivity index is 1.94. The van der Waals surface area contributed by atoms with Crippen LogP contribution in [0.2, 0.25) is 0 Å². The summed E-state index contributed by atoms with van der Waals surface area (Å²) >= 11 is 0. The lowest BCUT2D eigenvalue weighted by atomic mass is 10.2. The quantitative estimate of drug-likeness (QED) is 0.849. The summed E-state index contributed by atoms with van der Waals surface area (Å²) in [5, 5.41) is 3.25. The van der Waals surface area contributed by atoms with Crippen LogP contribution in [0.25, 0.3) is 0 Å². The smallest absolute Gasteiger partial charge is 0.126 e. The molecule has 1 N–H and O–H groups in total. The molecule has 0 aliphatic rings. The third-order valence-corrected chi connectivity index (χ3v) is 2.30. The standard InChI is InChI=1S/C13H14N2O/c1-16-12-7-5-11(6-8-12)10-15-13-4-2-3-9-14-13/h2-9H,10H2,1H3,(H,14,15). The van der Waals surface area contributed by atoms with Gasteiger partial charge in [-0.2, -0.15) is 0 Å². The number of rotatable bonds is 4. The molecule has 0 atom stereocenters. The number of ether oxygens (including phenoxy) is 1. The van der Waals surface area contributed by atoms with Gasteiger partial charge in [0.1, 0.15) is 11.6 Å². The highest BCUT2D eigenvalue weighted by molar-refractivity contribution is 5.35. The largest absolute Gasteiger partial charge is 0.497 e. The van der Waals surface area contributed by atoms with Crippen molar-refractivity contribution in [3.63, 3.8) is 0 Å². The summed E-state index contributed by atoms with van der Waals surface area (Å²) in [5.41, 5.74) is 1.20. The Kier molecular flexibility index (Phi) is 3.38. The van der Waals surface area contributed by atoms with Crippen LogP contribution in [0, 0.1) is 0 Å². The van der Waals surface area contributed by atoms with Crippen molar-refractivity contribution in [1.29, 1.82) is 0 Å². The predicted octanol–water partition coefficient (Wildman–Crippen LogP) is 2.70.